The van der Waals surface area contributed by atoms with Crippen molar-refractivity contribution in [3.63, 3.8) is 0 Å². The number of rotatable bonds is 0. The largest absolute Gasteiger partial charge is 0.0885 e. The summed E-state index contributed by atoms with van der Waals surface area (Å²) in [5, 5.41) is 0. The Morgan fingerprint density at radius 3 is 1.21 bits per heavy atom. The molecule has 0 aliphatic heterocycles. The van der Waals surface area contributed by atoms with Crippen LogP contribution in [-0.2, 0) is 0 Å². The predicted molar refractivity (Wildman–Crippen MR) is 86.5 cm³/mol. The fourth-order valence-electron chi connectivity index (χ4n) is 2.36. The van der Waals surface area contributed by atoms with Gasteiger partial charge in [-0.2, -0.15) is 0 Å². The molecule has 0 saturated heterocycles. The predicted octanol–water partition coefficient (Wildman–Crippen LogP) is 6.45. The summed E-state index contributed by atoms with van der Waals surface area (Å²) in [5.74, 6) is 0. The van der Waals surface area contributed by atoms with E-state index in [4.69, 9.17) is 0 Å². The van der Waals surface area contributed by atoms with Crippen molar-refractivity contribution in [2.75, 3.05) is 0 Å². The van der Waals surface area contributed by atoms with Crippen LogP contribution in [0.25, 0.3) is 0 Å². The summed E-state index contributed by atoms with van der Waals surface area (Å²) in [4.78, 5) is 0. The van der Waals surface area contributed by atoms with Gasteiger partial charge in [0.1, 0.15) is 0 Å². The molecular weight excluding hydrogens is 228 g/mol. The third-order valence-electron chi connectivity index (χ3n) is 3.60. The SMILES string of the molecule is C1=CCCCC1.C1CCCCC1.Cc1ccccc1. The van der Waals surface area contributed by atoms with Crippen molar-refractivity contribution in [2.45, 2.75) is 71.1 Å². The maximum Gasteiger partial charge on any atom is -0.0351 e. The van der Waals surface area contributed by atoms with Crippen LogP contribution < -0.4 is 0 Å². The highest BCUT2D eigenvalue weighted by molar-refractivity contribution is 5.11. The van der Waals surface area contributed by atoms with Crippen LogP contribution in [0.4, 0.5) is 0 Å². The molecule has 2 aliphatic rings. The maximum atomic E-state index is 2.27. The van der Waals surface area contributed by atoms with Crippen LogP contribution in [0.1, 0.15) is 69.8 Å². The van der Waals surface area contributed by atoms with Gasteiger partial charge in [-0.3, -0.25) is 0 Å². The van der Waals surface area contributed by atoms with Gasteiger partial charge in [0.2, 0.25) is 0 Å². The van der Waals surface area contributed by atoms with Gasteiger partial charge in [0.15, 0.2) is 0 Å². The molecule has 0 aromatic heterocycles. The first-order valence-electron chi connectivity index (χ1n) is 8.06. The van der Waals surface area contributed by atoms with Crippen molar-refractivity contribution in [1.82, 2.24) is 0 Å². The second kappa shape index (κ2) is 12.0. The maximum absolute atomic E-state index is 2.27. The van der Waals surface area contributed by atoms with Crippen molar-refractivity contribution >= 4 is 0 Å². The molecule has 1 aromatic carbocycles. The number of hydrogen-bond acceptors (Lipinski definition) is 0. The average molecular weight is 258 g/mol. The summed E-state index contributed by atoms with van der Waals surface area (Å²) < 4.78 is 0. The second-order valence-electron chi connectivity index (χ2n) is 5.53. The highest BCUT2D eigenvalue weighted by Crippen LogP contribution is 2.15. The van der Waals surface area contributed by atoms with E-state index in [1.807, 2.05) is 18.2 Å². The lowest BCUT2D eigenvalue weighted by Crippen LogP contribution is -1.85. The fourth-order valence-corrected chi connectivity index (χ4v) is 2.36. The van der Waals surface area contributed by atoms with E-state index in [0.717, 1.165) is 0 Å². The van der Waals surface area contributed by atoms with Gasteiger partial charge in [0, 0.05) is 0 Å². The molecule has 0 atom stereocenters. The summed E-state index contributed by atoms with van der Waals surface area (Å²) in [6.07, 6.45) is 19.0. The summed E-state index contributed by atoms with van der Waals surface area (Å²) in [6, 6.07) is 10.3. The standard InChI is InChI=1S/C7H8.C6H12.C6H10/c1-7-5-3-2-4-6-7;2*1-2-4-6-5-3-1/h2-6H,1H3;1-6H2;1-2H,3-6H2. The van der Waals surface area contributed by atoms with Crippen molar-refractivity contribution < 1.29 is 0 Å². The first-order chi connectivity index (χ1) is 9.39. The Bertz CT molecular complexity index is 287. The Labute approximate surface area is 119 Å². The zero-order valence-corrected chi connectivity index (χ0v) is 12.6. The van der Waals surface area contributed by atoms with Crippen molar-refractivity contribution in [2.24, 2.45) is 0 Å². The van der Waals surface area contributed by atoms with Crippen LogP contribution in [0.15, 0.2) is 42.5 Å². The van der Waals surface area contributed by atoms with Gasteiger partial charge in [-0.05, 0) is 32.6 Å². The summed E-state index contributed by atoms with van der Waals surface area (Å²) in [5.41, 5.74) is 1.32. The van der Waals surface area contributed by atoms with Gasteiger partial charge >= 0.3 is 0 Å². The molecule has 106 valence electrons. The minimum atomic E-state index is 1.32. The fraction of sp³-hybridized carbons (Fsp3) is 0.579. The number of allylic oxidation sites excluding steroid dienone is 2. The molecule has 19 heavy (non-hydrogen) atoms. The zero-order chi connectivity index (χ0) is 13.6. The minimum Gasteiger partial charge on any atom is -0.0885 e. The Kier molecular flexibility index (Phi) is 10.1. The normalized spacial score (nSPS) is 17.5. The van der Waals surface area contributed by atoms with Gasteiger partial charge in [0.25, 0.3) is 0 Å². The molecule has 0 heteroatoms. The lowest BCUT2D eigenvalue weighted by molar-refractivity contribution is 0.504. The molecule has 3 rings (SSSR count). The van der Waals surface area contributed by atoms with E-state index >= 15 is 0 Å². The first-order valence-corrected chi connectivity index (χ1v) is 8.06. The van der Waals surface area contributed by atoms with Crippen LogP contribution in [0.3, 0.4) is 0 Å². The smallest absolute Gasteiger partial charge is 0.0351 e. The Morgan fingerprint density at radius 2 is 1.00 bits per heavy atom. The molecule has 1 fully saturated rings. The number of hydrogen-bond donors (Lipinski definition) is 0. The second-order valence-corrected chi connectivity index (χ2v) is 5.53. The molecule has 0 N–H and O–H groups in total. The molecule has 0 bridgehead atoms. The molecule has 1 aromatic rings. The molecule has 0 nitrogen and oxygen atoms in total. The molecule has 0 spiro atoms. The van der Waals surface area contributed by atoms with E-state index < -0.39 is 0 Å². The lowest BCUT2D eigenvalue weighted by atomic mass is 10.0. The van der Waals surface area contributed by atoms with Crippen LogP contribution >= 0.6 is 0 Å². The Balaban J connectivity index is 0.000000143. The van der Waals surface area contributed by atoms with E-state index in [0.29, 0.717) is 0 Å². The van der Waals surface area contributed by atoms with Crippen LogP contribution in [0, 0.1) is 6.92 Å². The van der Waals surface area contributed by atoms with E-state index in [9.17, 15) is 0 Å². The Morgan fingerprint density at radius 1 is 0.579 bits per heavy atom. The van der Waals surface area contributed by atoms with Gasteiger partial charge in [-0.15, -0.1) is 0 Å². The van der Waals surface area contributed by atoms with E-state index in [1.54, 1.807) is 0 Å². The summed E-state index contributed by atoms with van der Waals surface area (Å²) >= 11 is 0. The lowest BCUT2D eigenvalue weighted by Gasteiger charge is -2.05. The quantitative estimate of drug-likeness (QED) is 0.469. The monoisotopic (exact) mass is 258 g/mol. The van der Waals surface area contributed by atoms with Crippen molar-refractivity contribution in [3.8, 4) is 0 Å². The Hall–Kier alpha value is -1.04. The highest BCUT2D eigenvalue weighted by atomic mass is 14.0. The molecule has 1 saturated carbocycles. The average Bonchev–Trinajstić information content (AvgIpc) is 2.53. The van der Waals surface area contributed by atoms with Crippen LogP contribution in [0.5, 0.6) is 0 Å². The summed E-state index contributed by atoms with van der Waals surface area (Å²) in [6.45, 7) is 2.08. The molecule has 0 unspecified atom stereocenters. The number of aryl methyl sites for hydroxylation is 1. The molecule has 0 heterocycles. The third kappa shape index (κ3) is 10.6. The minimum absolute atomic E-state index is 1.32. The van der Waals surface area contributed by atoms with Gasteiger partial charge < -0.3 is 0 Å². The first kappa shape index (κ1) is 16.0. The summed E-state index contributed by atoms with van der Waals surface area (Å²) in [7, 11) is 0. The highest BCUT2D eigenvalue weighted by Gasteiger charge is 1.95. The topological polar surface area (TPSA) is 0 Å². The molecular formula is C19H30. The van der Waals surface area contributed by atoms with Crippen molar-refractivity contribution in [1.29, 1.82) is 0 Å². The van der Waals surface area contributed by atoms with Gasteiger partial charge in [0.05, 0.1) is 0 Å². The molecule has 2 aliphatic carbocycles. The van der Waals surface area contributed by atoms with Crippen LogP contribution in [-0.4, -0.2) is 0 Å². The van der Waals surface area contributed by atoms with Crippen molar-refractivity contribution in [3.05, 3.63) is 48.0 Å². The van der Waals surface area contributed by atoms with Crippen LogP contribution in [0.2, 0.25) is 0 Å². The molecule has 0 amide bonds. The van der Waals surface area contributed by atoms with E-state index in [-0.39, 0.29) is 0 Å². The van der Waals surface area contributed by atoms with E-state index in [1.165, 1.54) is 69.8 Å². The third-order valence-corrected chi connectivity index (χ3v) is 3.60. The van der Waals surface area contributed by atoms with Gasteiger partial charge in [-0.25, -0.2) is 0 Å². The van der Waals surface area contributed by atoms with Gasteiger partial charge in [-0.1, -0.05) is 86.6 Å². The molecule has 0 radical (unpaired) electrons. The zero-order valence-electron chi connectivity index (χ0n) is 12.6. The van der Waals surface area contributed by atoms with E-state index in [2.05, 4.69) is 31.2 Å². The number of benzene rings is 1.